The van der Waals surface area contributed by atoms with Crippen LogP contribution in [0.25, 0.3) is 11.1 Å². The molecule has 0 heterocycles. The van der Waals surface area contributed by atoms with Crippen LogP contribution in [0.3, 0.4) is 0 Å². The van der Waals surface area contributed by atoms with Gasteiger partial charge in [0.15, 0.2) is 0 Å². The van der Waals surface area contributed by atoms with Gasteiger partial charge in [-0.1, -0.05) is 90.9 Å². The summed E-state index contributed by atoms with van der Waals surface area (Å²) >= 11 is 0. The van der Waals surface area contributed by atoms with E-state index in [2.05, 4.69) is 50.4 Å². The van der Waals surface area contributed by atoms with E-state index in [9.17, 15) is 9.59 Å². The van der Waals surface area contributed by atoms with Crippen molar-refractivity contribution in [3.63, 3.8) is 0 Å². The van der Waals surface area contributed by atoms with Crippen molar-refractivity contribution in [2.75, 3.05) is 12.4 Å². The van der Waals surface area contributed by atoms with Gasteiger partial charge in [0, 0.05) is 16.4 Å². The summed E-state index contributed by atoms with van der Waals surface area (Å²) in [6.07, 6.45) is -0.617. The maximum Gasteiger partial charge on any atom is 0.407 e. The molecule has 0 spiro atoms. The van der Waals surface area contributed by atoms with E-state index < -0.39 is 23.7 Å². The van der Waals surface area contributed by atoms with Gasteiger partial charge in [0.25, 0.3) is 0 Å². The molecule has 0 radical (unpaired) electrons. The zero-order valence-electron chi connectivity index (χ0n) is 20.1. The van der Waals surface area contributed by atoms with Crippen LogP contribution < -0.4 is 5.32 Å². The Hall–Kier alpha value is -2.12. The van der Waals surface area contributed by atoms with Crippen LogP contribution in [-0.2, 0) is 14.3 Å². The third kappa shape index (κ3) is 7.18. The Morgan fingerprint density at radius 3 is 2.00 bits per heavy atom. The predicted molar refractivity (Wildman–Crippen MR) is 138 cm³/mol. The van der Waals surface area contributed by atoms with Gasteiger partial charge in [-0.05, 0) is 43.0 Å². The number of rotatable bonds is 7. The second kappa shape index (κ2) is 10.4. The van der Waals surface area contributed by atoms with Crippen molar-refractivity contribution in [1.82, 2.24) is 5.32 Å². The quantitative estimate of drug-likeness (QED) is 0.359. The normalized spacial score (nSPS) is 14.2. The standard InChI is InChI=1S/C26H33NO4S2/c1-25(2,3)31-23(28)22(16-32-33-26(4,5)6)27-24(29)30-15-21-19-13-9-7-11-17(19)18-12-8-10-14-20(18)21/h7-14,21-22H,15-16H2,1-6H3,(H,27,29). The molecule has 2 aromatic carbocycles. The van der Waals surface area contributed by atoms with Crippen molar-refractivity contribution in [2.45, 2.75) is 63.9 Å². The molecule has 0 saturated carbocycles. The molecule has 1 atom stereocenters. The van der Waals surface area contributed by atoms with Crippen LogP contribution in [0.1, 0.15) is 58.6 Å². The van der Waals surface area contributed by atoms with Gasteiger partial charge in [0.05, 0.1) is 0 Å². The zero-order chi connectivity index (χ0) is 24.2. The van der Waals surface area contributed by atoms with Gasteiger partial charge >= 0.3 is 12.1 Å². The lowest BCUT2D eigenvalue weighted by Crippen LogP contribution is -2.46. The summed E-state index contributed by atoms with van der Waals surface area (Å²) in [5.41, 5.74) is 3.99. The van der Waals surface area contributed by atoms with Crippen molar-refractivity contribution in [3.05, 3.63) is 59.7 Å². The Bertz CT molecular complexity index is 949. The van der Waals surface area contributed by atoms with Gasteiger partial charge in [-0.2, -0.15) is 0 Å². The number of fused-ring (bicyclic) bond motifs is 3. The summed E-state index contributed by atoms with van der Waals surface area (Å²) in [5, 5.41) is 2.73. The first-order valence-corrected chi connectivity index (χ1v) is 13.4. The van der Waals surface area contributed by atoms with Crippen LogP contribution in [0.15, 0.2) is 48.5 Å². The monoisotopic (exact) mass is 487 g/mol. The lowest BCUT2D eigenvalue weighted by Gasteiger charge is -2.25. The fourth-order valence-electron chi connectivity index (χ4n) is 3.60. The molecule has 7 heteroatoms. The van der Waals surface area contributed by atoms with E-state index >= 15 is 0 Å². The minimum atomic E-state index is -0.792. The predicted octanol–water partition coefficient (Wildman–Crippen LogP) is 6.42. The minimum absolute atomic E-state index is 0.0334. The minimum Gasteiger partial charge on any atom is -0.458 e. The van der Waals surface area contributed by atoms with Crippen LogP contribution in [-0.4, -0.2) is 40.8 Å². The number of hydrogen-bond donors (Lipinski definition) is 1. The fourth-order valence-corrected chi connectivity index (χ4v) is 6.05. The van der Waals surface area contributed by atoms with Gasteiger partial charge in [-0.15, -0.1) is 0 Å². The SMILES string of the molecule is CC(C)(C)OC(=O)C(CSSC(C)(C)C)NC(=O)OCC1c2ccccc2-c2ccccc21. The Morgan fingerprint density at radius 2 is 1.48 bits per heavy atom. The summed E-state index contributed by atoms with van der Waals surface area (Å²) in [6, 6.07) is 15.6. The maximum atomic E-state index is 12.7. The molecule has 2 aromatic rings. The first kappa shape index (κ1) is 25.5. The third-order valence-corrected chi connectivity index (χ3v) is 8.22. The number of hydrogen-bond acceptors (Lipinski definition) is 6. The molecule has 0 aliphatic heterocycles. The molecular weight excluding hydrogens is 454 g/mol. The number of carbonyl (C=O) groups excluding carboxylic acids is 2. The summed E-state index contributed by atoms with van der Waals surface area (Å²) < 4.78 is 11.2. The molecule has 178 valence electrons. The summed E-state index contributed by atoms with van der Waals surface area (Å²) in [7, 11) is 3.19. The lowest BCUT2D eigenvalue weighted by molar-refractivity contribution is -0.156. The Kier molecular flexibility index (Phi) is 8.06. The summed E-state index contributed by atoms with van der Waals surface area (Å²) in [5.74, 6) is -0.104. The van der Waals surface area contributed by atoms with Crippen LogP contribution >= 0.6 is 21.6 Å². The highest BCUT2D eigenvalue weighted by Crippen LogP contribution is 2.44. The number of nitrogens with one attached hydrogen (secondary N) is 1. The molecule has 1 aliphatic rings. The van der Waals surface area contributed by atoms with E-state index in [1.54, 1.807) is 10.8 Å². The number of carbonyl (C=O) groups is 2. The number of ether oxygens (including phenoxy) is 2. The Morgan fingerprint density at radius 1 is 0.939 bits per heavy atom. The molecule has 0 bridgehead atoms. The molecule has 0 saturated heterocycles. The Balaban J connectivity index is 1.65. The number of amides is 1. The van der Waals surface area contributed by atoms with Crippen LogP contribution in [0, 0.1) is 0 Å². The van der Waals surface area contributed by atoms with E-state index in [4.69, 9.17) is 9.47 Å². The van der Waals surface area contributed by atoms with E-state index in [1.165, 1.54) is 21.9 Å². The average Bonchev–Trinajstić information content (AvgIpc) is 3.03. The molecular formula is C26H33NO4S2. The highest BCUT2D eigenvalue weighted by atomic mass is 33.1. The highest BCUT2D eigenvalue weighted by molar-refractivity contribution is 8.77. The van der Waals surface area contributed by atoms with Gasteiger partial charge in [-0.25, -0.2) is 9.59 Å². The topological polar surface area (TPSA) is 64.6 Å². The highest BCUT2D eigenvalue weighted by Gasteiger charge is 2.31. The van der Waals surface area contributed by atoms with E-state index in [0.717, 1.165) is 11.1 Å². The largest absolute Gasteiger partial charge is 0.458 e. The van der Waals surface area contributed by atoms with E-state index in [0.29, 0.717) is 5.75 Å². The second-order valence-corrected chi connectivity index (χ2v) is 13.2. The van der Waals surface area contributed by atoms with Gasteiger partial charge in [0.1, 0.15) is 18.2 Å². The summed E-state index contributed by atoms with van der Waals surface area (Å²) in [4.78, 5) is 25.4. The van der Waals surface area contributed by atoms with Crippen molar-refractivity contribution < 1.29 is 19.1 Å². The molecule has 1 N–H and O–H groups in total. The molecule has 0 aromatic heterocycles. The molecule has 1 unspecified atom stereocenters. The maximum absolute atomic E-state index is 12.7. The van der Waals surface area contributed by atoms with Gasteiger partial charge in [-0.3, -0.25) is 0 Å². The van der Waals surface area contributed by atoms with Crippen molar-refractivity contribution >= 4 is 33.7 Å². The molecule has 3 rings (SSSR count). The van der Waals surface area contributed by atoms with E-state index in [-0.39, 0.29) is 17.3 Å². The third-order valence-electron chi connectivity index (χ3n) is 4.87. The first-order valence-electron chi connectivity index (χ1n) is 11.1. The summed E-state index contributed by atoms with van der Waals surface area (Å²) in [6.45, 7) is 11.9. The van der Waals surface area contributed by atoms with Crippen molar-refractivity contribution in [3.8, 4) is 11.1 Å². The fraction of sp³-hybridized carbons (Fsp3) is 0.462. The molecule has 5 nitrogen and oxygen atoms in total. The Labute approximate surface area is 204 Å². The second-order valence-electron chi connectivity index (χ2n) is 10.0. The number of benzene rings is 2. The zero-order valence-corrected chi connectivity index (χ0v) is 21.8. The lowest BCUT2D eigenvalue weighted by atomic mass is 9.98. The van der Waals surface area contributed by atoms with Crippen molar-refractivity contribution in [1.29, 1.82) is 0 Å². The van der Waals surface area contributed by atoms with Crippen LogP contribution in [0.2, 0.25) is 0 Å². The molecule has 33 heavy (non-hydrogen) atoms. The molecule has 0 fully saturated rings. The number of esters is 1. The van der Waals surface area contributed by atoms with E-state index in [1.807, 2.05) is 45.0 Å². The van der Waals surface area contributed by atoms with Crippen LogP contribution in [0.4, 0.5) is 4.79 Å². The number of alkyl carbamates (subject to hydrolysis) is 1. The smallest absolute Gasteiger partial charge is 0.407 e. The molecule has 1 aliphatic carbocycles. The van der Waals surface area contributed by atoms with Gasteiger partial charge in [0.2, 0.25) is 0 Å². The van der Waals surface area contributed by atoms with Crippen molar-refractivity contribution in [2.24, 2.45) is 0 Å². The molecule has 1 amide bonds. The van der Waals surface area contributed by atoms with Crippen LogP contribution in [0.5, 0.6) is 0 Å². The van der Waals surface area contributed by atoms with Gasteiger partial charge < -0.3 is 14.8 Å². The average molecular weight is 488 g/mol. The first-order chi connectivity index (χ1) is 15.4.